The zero-order valence-corrected chi connectivity index (χ0v) is 17.5. The van der Waals surface area contributed by atoms with Crippen LogP contribution in [0.5, 0.6) is 0 Å². The standard InChI is InChI=1S/C28H25N/c1-18-5-6-19-9-12-22-23(26(19)17-18)13-14-25-24(22)15-16-29-27(25)20-7-10-21(11-8-20)28(2,3)4/h5-17H,1-4H3/p+1. The van der Waals surface area contributed by atoms with Crippen LogP contribution in [-0.4, -0.2) is 0 Å². The van der Waals surface area contributed by atoms with Gasteiger partial charge in [-0.25, -0.2) is 4.98 Å². The number of aromatic nitrogens is 1. The molecule has 142 valence electrons. The normalized spacial score (nSPS) is 12.1. The average Bonchev–Trinajstić information content (AvgIpc) is 2.72. The molecule has 0 aliphatic heterocycles. The van der Waals surface area contributed by atoms with Gasteiger partial charge in [0.1, 0.15) is 0 Å². The Labute approximate surface area is 172 Å². The Morgan fingerprint density at radius 3 is 2.00 bits per heavy atom. The van der Waals surface area contributed by atoms with Crippen LogP contribution in [0.2, 0.25) is 0 Å². The van der Waals surface area contributed by atoms with E-state index >= 15 is 0 Å². The van der Waals surface area contributed by atoms with Gasteiger partial charge in [0.2, 0.25) is 5.69 Å². The van der Waals surface area contributed by atoms with E-state index in [1.807, 2.05) is 0 Å². The van der Waals surface area contributed by atoms with Gasteiger partial charge in [0.05, 0.1) is 5.39 Å². The minimum atomic E-state index is 0.163. The van der Waals surface area contributed by atoms with E-state index in [4.69, 9.17) is 0 Å². The fourth-order valence-corrected chi connectivity index (χ4v) is 4.33. The van der Waals surface area contributed by atoms with Crippen LogP contribution in [-0.2, 0) is 5.41 Å². The Bertz CT molecular complexity index is 1370. The lowest BCUT2D eigenvalue weighted by molar-refractivity contribution is -0.362. The van der Waals surface area contributed by atoms with Crippen LogP contribution in [0.4, 0.5) is 0 Å². The van der Waals surface area contributed by atoms with E-state index in [0.29, 0.717) is 0 Å². The third kappa shape index (κ3) is 2.98. The largest absolute Gasteiger partial charge is 0.218 e. The highest BCUT2D eigenvalue weighted by Gasteiger charge is 2.17. The summed E-state index contributed by atoms with van der Waals surface area (Å²) in [5.74, 6) is 0. The topological polar surface area (TPSA) is 14.1 Å². The molecule has 0 bridgehead atoms. The van der Waals surface area contributed by atoms with Crippen molar-refractivity contribution in [3.05, 3.63) is 90.1 Å². The summed E-state index contributed by atoms with van der Waals surface area (Å²) in [7, 11) is 0. The van der Waals surface area contributed by atoms with Gasteiger partial charge in [0.15, 0.2) is 6.20 Å². The minimum Gasteiger partial charge on any atom is -0.211 e. The summed E-state index contributed by atoms with van der Waals surface area (Å²) in [6, 6.07) is 26.9. The van der Waals surface area contributed by atoms with E-state index < -0.39 is 0 Å². The molecule has 29 heavy (non-hydrogen) atoms. The molecule has 0 atom stereocenters. The second-order valence-corrected chi connectivity index (χ2v) is 9.09. The number of aromatic amines is 1. The Kier molecular flexibility index (Phi) is 3.96. The molecule has 0 amide bonds. The van der Waals surface area contributed by atoms with Crippen LogP contribution in [0.15, 0.2) is 79.0 Å². The van der Waals surface area contributed by atoms with Gasteiger partial charge in [-0.15, -0.1) is 0 Å². The maximum absolute atomic E-state index is 3.50. The molecule has 0 fully saturated rings. The Hall–Kier alpha value is -3.19. The third-order valence-corrected chi connectivity index (χ3v) is 6.00. The number of hydrogen-bond acceptors (Lipinski definition) is 0. The second-order valence-electron chi connectivity index (χ2n) is 9.09. The molecule has 0 aliphatic carbocycles. The highest BCUT2D eigenvalue weighted by molar-refractivity contribution is 6.18. The first-order valence-electron chi connectivity index (χ1n) is 10.3. The predicted molar refractivity (Wildman–Crippen MR) is 124 cm³/mol. The van der Waals surface area contributed by atoms with Gasteiger partial charge in [0.25, 0.3) is 0 Å². The van der Waals surface area contributed by atoms with Crippen LogP contribution >= 0.6 is 0 Å². The minimum absolute atomic E-state index is 0.163. The maximum atomic E-state index is 3.50. The van der Waals surface area contributed by atoms with Crippen molar-refractivity contribution in [3.63, 3.8) is 0 Å². The molecule has 1 heterocycles. The number of hydrogen-bond donors (Lipinski definition) is 0. The van der Waals surface area contributed by atoms with Crippen molar-refractivity contribution >= 4 is 32.3 Å². The maximum Gasteiger partial charge on any atom is 0.218 e. The molecule has 4 aromatic carbocycles. The number of nitrogens with one attached hydrogen (secondary N) is 1. The molecule has 0 aliphatic rings. The van der Waals surface area contributed by atoms with Crippen molar-refractivity contribution in [2.24, 2.45) is 0 Å². The molecular formula is C28H26N+. The third-order valence-electron chi connectivity index (χ3n) is 6.00. The molecule has 1 heteroatoms. The summed E-state index contributed by atoms with van der Waals surface area (Å²) in [6.45, 7) is 8.92. The molecule has 0 saturated carbocycles. The lowest BCUT2D eigenvalue weighted by Gasteiger charge is -2.18. The zero-order chi connectivity index (χ0) is 20.2. The van der Waals surface area contributed by atoms with Crippen molar-refractivity contribution < 1.29 is 4.98 Å². The average molecular weight is 377 g/mol. The SMILES string of the molecule is Cc1ccc2ccc3c4cc[nH+]c(-c5ccc(C(C)(C)C)cc5)c4ccc3c2c1. The fraction of sp³-hybridized carbons (Fsp3) is 0.179. The van der Waals surface area contributed by atoms with Gasteiger partial charge in [-0.2, -0.15) is 0 Å². The fourth-order valence-electron chi connectivity index (χ4n) is 4.33. The molecule has 5 aromatic rings. The molecule has 0 saturated heterocycles. The van der Waals surface area contributed by atoms with E-state index in [2.05, 4.69) is 112 Å². The van der Waals surface area contributed by atoms with Crippen molar-refractivity contribution in [3.8, 4) is 11.3 Å². The van der Waals surface area contributed by atoms with E-state index in [1.165, 1.54) is 54.7 Å². The summed E-state index contributed by atoms with van der Waals surface area (Å²) >= 11 is 0. The second kappa shape index (κ2) is 6.42. The van der Waals surface area contributed by atoms with E-state index in [1.54, 1.807) is 0 Å². The summed E-state index contributed by atoms with van der Waals surface area (Å²) in [5, 5.41) is 7.80. The Balaban J connectivity index is 1.75. The number of fused-ring (bicyclic) bond motifs is 5. The van der Waals surface area contributed by atoms with Gasteiger partial charge in [-0.05, 0) is 57.6 Å². The first kappa shape index (κ1) is 17.9. The Morgan fingerprint density at radius 1 is 0.621 bits per heavy atom. The van der Waals surface area contributed by atoms with Gasteiger partial charge in [-0.3, -0.25) is 0 Å². The smallest absolute Gasteiger partial charge is 0.211 e. The number of pyridine rings is 1. The van der Waals surface area contributed by atoms with Crippen LogP contribution in [0.1, 0.15) is 31.9 Å². The molecule has 0 spiro atoms. The van der Waals surface area contributed by atoms with Crippen molar-refractivity contribution in [2.75, 3.05) is 0 Å². The van der Waals surface area contributed by atoms with Gasteiger partial charge >= 0.3 is 0 Å². The summed E-state index contributed by atoms with van der Waals surface area (Å²) in [4.78, 5) is 3.50. The number of benzene rings is 4. The molecule has 1 aromatic heterocycles. The van der Waals surface area contributed by atoms with E-state index in [0.717, 1.165) is 0 Å². The highest BCUT2D eigenvalue weighted by atomic mass is 14.7. The van der Waals surface area contributed by atoms with Crippen LogP contribution in [0.25, 0.3) is 43.6 Å². The molecule has 0 radical (unpaired) electrons. The van der Waals surface area contributed by atoms with Crippen LogP contribution < -0.4 is 4.98 Å². The lowest BCUT2D eigenvalue weighted by Crippen LogP contribution is -2.11. The summed E-state index contributed by atoms with van der Waals surface area (Å²) < 4.78 is 0. The van der Waals surface area contributed by atoms with Crippen molar-refractivity contribution in [1.82, 2.24) is 0 Å². The van der Waals surface area contributed by atoms with E-state index in [-0.39, 0.29) is 5.41 Å². The number of rotatable bonds is 1. The number of aryl methyl sites for hydroxylation is 1. The first-order valence-corrected chi connectivity index (χ1v) is 10.3. The van der Waals surface area contributed by atoms with Crippen molar-refractivity contribution in [1.29, 1.82) is 0 Å². The summed E-state index contributed by atoms with van der Waals surface area (Å²) in [6.07, 6.45) is 2.06. The Morgan fingerprint density at radius 2 is 1.24 bits per heavy atom. The van der Waals surface area contributed by atoms with Crippen LogP contribution in [0, 0.1) is 6.92 Å². The lowest BCUT2D eigenvalue weighted by atomic mass is 9.86. The molecule has 1 N–H and O–H groups in total. The summed E-state index contributed by atoms with van der Waals surface area (Å²) in [5.41, 5.74) is 5.21. The highest BCUT2D eigenvalue weighted by Crippen LogP contribution is 2.34. The first-order chi connectivity index (χ1) is 13.9. The molecule has 1 nitrogen and oxygen atoms in total. The monoisotopic (exact) mass is 376 g/mol. The van der Waals surface area contributed by atoms with Gasteiger partial charge in [-0.1, -0.05) is 74.9 Å². The van der Waals surface area contributed by atoms with Gasteiger partial charge < -0.3 is 0 Å². The molecular weight excluding hydrogens is 350 g/mol. The molecule has 0 unspecified atom stereocenters. The molecule has 5 rings (SSSR count). The zero-order valence-electron chi connectivity index (χ0n) is 17.5. The van der Waals surface area contributed by atoms with E-state index in [9.17, 15) is 0 Å². The number of H-pyrrole nitrogens is 1. The van der Waals surface area contributed by atoms with Crippen LogP contribution in [0.3, 0.4) is 0 Å². The predicted octanol–water partition coefficient (Wildman–Crippen LogP) is 7.23. The van der Waals surface area contributed by atoms with Gasteiger partial charge in [0, 0.05) is 17.0 Å². The quantitative estimate of drug-likeness (QED) is 0.274. The van der Waals surface area contributed by atoms with Crippen molar-refractivity contribution in [2.45, 2.75) is 33.1 Å².